The lowest BCUT2D eigenvalue weighted by molar-refractivity contribution is 0.669. The molecule has 0 fully saturated rings. The molecule has 8 aromatic heterocycles. The van der Waals surface area contributed by atoms with E-state index < -0.39 is 0 Å². The molecule has 0 bridgehead atoms. The maximum absolute atomic E-state index is 6.65. The van der Waals surface area contributed by atoms with E-state index in [1.807, 2.05) is 102 Å². The zero-order valence-corrected chi connectivity index (χ0v) is 68.4. The molecule has 0 N–H and O–H groups in total. The highest BCUT2D eigenvalue weighted by Gasteiger charge is 2.26. The second-order valence-corrected chi connectivity index (χ2v) is 33.6. The molecule has 0 aliphatic heterocycles. The molecule has 8 heterocycles. The van der Waals surface area contributed by atoms with E-state index in [1.165, 1.54) is 58.2 Å². The fraction of sp³-hybridized carbons (Fsp3) is 0. The Morgan fingerprint density at radius 3 is 1.13 bits per heavy atom. The van der Waals surface area contributed by atoms with Crippen LogP contribution >= 0.6 is 11.3 Å². The minimum Gasteiger partial charge on any atom is -0.456 e. The predicted octanol–water partition coefficient (Wildman–Crippen LogP) is 29.7. The van der Waals surface area contributed by atoms with Gasteiger partial charge in [-0.1, -0.05) is 297 Å². The van der Waals surface area contributed by atoms with Gasteiger partial charge in [0.2, 0.25) is 0 Å². The lowest BCUT2D eigenvalue weighted by atomic mass is 9.98. The summed E-state index contributed by atoms with van der Waals surface area (Å²) in [6, 6.07) is 148. The van der Waals surface area contributed by atoms with Gasteiger partial charge in [0.05, 0.1) is 44.1 Å². The molecular weight excluding hydrogens is 1560 g/mol. The first kappa shape index (κ1) is 71.0. The van der Waals surface area contributed by atoms with Crippen LogP contribution in [0.1, 0.15) is 0 Å². The molecule has 0 unspecified atom stereocenters. The molecule has 0 atom stereocenters. The number of thiophene rings is 1. The van der Waals surface area contributed by atoms with Crippen LogP contribution in [0.15, 0.2) is 417 Å². The fourth-order valence-electron chi connectivity index (χ4n) is 19.4. The van der Waals surface area contributed by atoms with Gasteiger partial charge >= 0.3 is 0 Å². The van der Waals surface area contributed by atoms with Gasteiger partial charge in [-0.2, -0.15) is 0 Å². The number of hydrogen-bond donors (Lipinski definition) is 0. The van der Waals surface area contributed by atoms with Crippen LogP contribution in [0.5, 0.6) is 0 Å². The molecule has 18 aromatic carbocycles. The Morgan fingerprint density at radius 2 is 0.524 bits per heavy atom. The van der Waals surface area contributed by atoms with Crippen LogP contribution in [0, 0.1) is 0 Å². The van der Waals surface area contributed by atoms with Crippen molar-refractivity contribution in [1.29, 1.82) is 0 Å². The van der Waals surface area contributed by atoms with Gasteiger partial charge in [-0.3, -0.25) is 0 Å². The molecule has 126 heavy (non-hydrogen) atoms. The second kappa shape index (κ2) is 28.4. The molecule has 586 valence electrons. The Balaban J connectivity index is 0.544. The Morgan fingerprint density at radius 1 is 0.167 bits per heavy atom. The van der Waals surface area contributed by atoms with E-state index >= 15 is 0 Å². The predicted molar refractivity (Wildman–Crippen MR) is 520 cm³/mol. The van der Waals surface area contributed by atoms with Gasteiger partial charge in [0.25, 0.3) is 0 Å². The van der Waals surface area contributed by atoms with E-state index in [-0.39, 0.29) is 0 Å². The standard InChI is InChI=1S/C114H68N10OS/c1-5-23-69(24-6-1)78-51-55-87-85-35-13-17-39-95(85)122(99(87)64-78)84-54-57-90-101(66-84)123(98-59-60-106-108(107(90)98)91-38-16-20-42-105(91)126-106)81-33-21-31-79(61-81)114-119-111(75-29-11-4-12-30-75)116-112(120-114)76-49-47-71(48-50-76)70-43-45-72(46-44-70)77-52-58-97-92(63-77)86-36-14-18-40-96(86)121(97)83-53-56-88-93-67-94-89-37-15-19-41-103(89)125-104(94)68-102(93)124(100(88)65-83)82-34-22-32-80(62-82)113-117-109(73-25-7-2-8-26-73)115-110(118-113)74-27-9-3-10-28-74/h1-68H. The summed E-state index contributed by atoms with van der Waals surface area (Å²) in [6.07, 6.45) is 0. The summed E-state index contributed by atoms with van der Waals surface area (Å²) in [5, 5.41) is 14.1. The van der Waals surface area contributed by atoms with Crippen LogP contribution in [0.25, 0.3) is 254 Å². The van der Waals surface area contributed by atoms with Crippen molar-refractivity contribution in [2.75, 3.05) is 0 Å². The number of benzene rings is 18. The van der Waals surface area contributed by atoms with Gasteiger partial charge in [-0.05, 0) is 143 Å². The molecule has 0 amide bonds. The van der Waals surface area contributed by atoms with Crippen molar-refractivity contribution in [2.45, 2.75) is 0 Å². The van der Waals surface area contributed by atoms with Crippen LogP contribution in [0.2, 0.25) is 0 Å². The fourth-order valence-corrected chi connectivity index (χ4v) is 20.5. The zero-order chi connectivity index (χ0) is 82.6. The molecule has 0 saturated carbocycles. The van der Waals surface area contributed by atoms with Gasteiger partial charge < -0.3 is 22.7 Å². The Labute approximate surface area is 725 Å². The third kappa shape index (κ3) is 11.5. The minimum atomic E-state index is 0.579. The summed E-state index contributed by atoms with van der Waals surface area (Å²) < 4.78 is 18.9. The third-order valence-corrected chi connectivity index (χ3v) is 26.4. The summed E-state index contributed by atoms with van der Waals surface area (Å²) in [7, 11) is 0. The lowest BCUT2D eigenvalue weighted by Crippen LogP contribution is -2.01. The average Bonchev–Trinajstić information content (AvgIpc) is 1.55. The van der Waals surface area contributed by atoms with Crippen LogP contribution in [-0.4, -0.2) is 48.2 Å². The Bertz CT molecular complexity index is 8900. The zero-order valence-electron chi connectivity index (χ0n) is 67.5. The number of nitrogens with zero attached hydrogens (tertiary/aromatic N) is 10. The number of furan rings is 1. The molecule has 12 heteroatoms. The summed E-state index contributed by atoms with van der Waals surface area (Å²) in [6.45, 7) is 0. The molecule has 0 aliphatic carbocycles. The Kier molecular flexibility index (Phi) is 16.0. The summed E-state index contributed by atoms with van der Waals surface area (Å²) in [4.78, 5) is 31.3. The minimum absolute atomic E-state index is 0.579. The topological polar surface area (TPSA) is 110 Å². The monoisotopic (exact) mass is 1620 g/mol. The highest BCUT2D eigenvalue weighted by atomic mass is 32.1. The Hall–Kier alpha value is -16.8. The first-order valence-electron chi connectivity index (χ1n) is 42.4. The van der Waals surface area contributed by atoms with Crippen LogP contribution in [-0.2, 0) is 0 Å². The van der Waals surface area contributed by atoms with E-state index in [2.05, 4.69) is 340 Å². The molecular formula is C114H68N10OS. The number of fused-ring (bicyclic) bond motifs is 19. The SMILES string of the molecule is c1ccc(-c2ccc3c4ccccc4n(-c4ccc5c6c7c(ccc6n(-c6cccc(-c8nc(-c9ccccc9)nc(-c9ccc(-c%10ccc(-c%11ccc%12c(c%11)c%11ccccc%11n%12-c%11ccc%12c%13cc%14c(cc%13n(-c%13cccc(-c%15nc(-c%16ccccc%16)nc(-c%16ccccc%16)n%15)c%13)c%12c%11)oc%11ccccc%11%14)cc%10)cc9)n8)c6)c5c4)sc4ccccc47)c3c2)cc1. The molecule has 11 nitrogen and oxygen atoms in total. The number of rotatable bonds is 13. The first-order chi connectivity index (χ1) is 62.4. The van der Waals surface area contributed by atoms with Gasteiger partial charge in [0.15, 0.2) is 34.9 Å². The summed E-state index contributed by atoms with van der Waals surface area (Å²) in [5.74, 6) is 3.56. The average molecular weight is 1630 g/mol. The molecule has 0 aliphatic rings. The van der Waals surface area contributed by atoms with Gasteiger partial charge in [-0.25, -0.2) is 29.9 Å². The largest absolute Gasteiger partial charge is 0.456 e. The highest BCUT2D eigenvalue weighted by molar-refractivity contribution is 7.26. The number of hydrogen-bond acceptors (Lipinski definition) is 8. The molecule has 0 radical (unpaired) electrons. The normalized spacial score (nSPS) is 12.0. The van der Waals surface area contributed by atoms with Crippen molar-refractivity contribution in [2.24, 2.45) is 0 Å². The maximum atomic E-state index is 6.65. The molecule has 0 saturated heterocycles. The van der Waals surface area contributed by atoms with E-state index in [0.29, 0.717) is 34.9 Å². The highest BCUT2D eigenvalue weighted by Crippen LogP contribution is 2.48. The quantitative estimate of drug-likeness (QED) is 0.113. The molecule has 26 aromatic rings. The number of para-hydroxylation sites is 3. The van der Waals surface area contributed by atoms with Crippen molar-refractivity contribution in [1.82, 2.24) is 48.2 Å². The summed E-state index contributed by atoms with van der Waals surface area (Å²) >= 11 is 1.85. The van der Waals surface area contributed by atoms with E-state index in [4.69, 9.17) is 34.3 Å². The van der Waals surface area contributed by atoms with Crippen LogP contribution < -0.4 is 0 Å². The van der Waals surface area contributed by atoms with E-state index in [0.717, 1.165) is 161 Å². The van der Waals surface area contributed by atoms with E-state index in [9.17, 15) is 0 Å². The third-order valence-electron chi connectivity index (χ3n) is 25.3. The molecule has 0 spiro atoms. The van der Waals surface area contributed by atoms with Crippen molar-refractivity contribution >= 4 is 141 Å². The van der Waals surface area contributed by atoms with Crippen LogP contribution in [0.3, 0.4) is 0 Å². The van der Waals surface area contributed by atoms with Crippen molar-refractivity contribution in [3.05, 3.63) is 413 Å². The second-order valence-electron chi connectivity index (χ2n) is 32.5. The van der Waals surface area contributed by atoms with Gasteiger partial charge in [0, 0.05) is 136 Å². The lowest BCUT2D eigenvalue weighted by Gasteiger charge is -2.13. The van der Waals surface area contributed by atoms with Gasteiger partial charge in [-0.15, -0.1) is 11.3 Å². The van der Waals surface area contributed by atoms with Crippen LogP contribution in [0.4, 0.5) is 0 Å². The van der Waals surface area contributed by atoms with Crippen molar-refractivity contribution in [3.63, 3.8) is 0 Å². The molecule has 26 rings (SSSR count). The van der Waals surface area contributed by atoms with Gasteiger partial charge in [0.1, 0.15) is 11.2 Å². The van der Waals surface area contributed by atoms with Crippen molar-refractivity contribution in [3.8, 4) is 124 Å². The number of aromatic nitrogens is 10. The maximum Gasteiger partial charge on any atom is 0.164 e. The summed E-state index contributed by atoms with van der Waals surface area (Å²) in [5.41, 5.74) is 26.7. The van der Waals surface area contributed by atoms with E-state index in [1.54, 1.807) is 0 Å². The smallest absolute Gasteiger partial charge is 0.164 e. The first-order valence-corrected chi connectivity index (χ1v) is 43.3. The van der Waals surface area contributed by atoms with Crippen molar-refractivity contribution < 1.29 is 4.42 Å².